The lowest BCUT2D eigenvalue weighted by molar-refractivity contribution is 0.0691. The van der Waals surface area contributed by atoms with Crippen LogP contribution < -0.4 is 9.47 Å². The third kappa shape index (κ3) is 3.94. The quantitative estimate of drug-likeness (QED) is 0.737. The third-order valence-corrected chi connectivity index (χ3v) is 6.78. The Morgan fingerprint density at radius 2 is 1.46 bits per heavy atom. The van der Waals surface area contributed by atoms with Gasteiger partial charge in [-0.15, -0.1) is 0 Å². The highest BCUT2D eigenvalue weighted by molar-refractivity contribution is 7.89. The number of hydrogen-bond donors (Lipinski definition) is 0. The van der Waals surface area contributed by atoms with Gasteiger partial charge in [0.2, 0.25) is 10.0 Å². The van der Waals surface area contributed by atoms with Crippen molar-refractivity contribution in [2.24, 2.45) is 0 Å². The topological polar surface area (TPSA) is 76.2 Å². The highest BCUT2D eigenvalue weighted by Gasteiger charge is 2.32. The minimum Gasteiger partial charge on any atom is -0.496 e. The van der Waals surface area contributed by atoms with E-state index in [1.165, 1.54) is 30.7 Å². The second kappa shape index (κ2) is 8.38. The summed E-state index contributed by atoms with van der Waals surface area (Å²) in [4.78, 5) is 14.8. The number of sulfonamides is 1. The average Bonchev–Trinajstić information content (AvgIpc) is 2.73. The maximum atomic E-state index is 13.0. The molecule has 1 fully saturated rings. The van der Waals surface area contributed by atoms with Gasteiger partial charge in [-0.3, -0.25) is 4.79 Å². The molecule has 0 radical (unpaired) electrons. The van der Waals surface area contributed by atoms with Crippen molar-refractivity contribution in [1.82, 2.24) is 9.21 Å². The number of hydrogen-bond acceptors (Lipinski definition) is 5. The summed E-state index contributed by atoms with van der Waals surface area (Å²) in [5.74, 6) is 0.582. The molecule has 0 aromatic heterocycles. The zero-order valence-corrected chi connectivity index (χ0v) is 17.2. The molecule has 150 valence electrons. The van der Waals surface area contributed by atoms with Gasteiger partial charge in [-0.05, 0) is 36.4 Å². The van der Waals surface area contributed by atoms with Gasteiger partial charge in [0.05, 0.1) is 19.1 Å². The van der Waals surface area contributed by atoms with E-state index in [1.54, 1.807) is 35.2 Å². The molecule has 1 heterocycles. The Labute approximate surface area is 169 Å². The molecule has 1 aliphatic heterocycles. The summed E-state index contributed by atoms with van der Waals surface area (Å²) in [7, 11) is -0.654. The van der Waals surface area contributed by atoms with E-state index < -0.39 is 10.0 Å². The number of carbonyl (C=O) groups excluding carboxylic acids is 1. The van der Waals surface area contributed by atoms with Gasteiger partial charge in [0.25, 0.3) is 5.91 Å². The highest BCUT2D eigenvalue weighted by Crippen LogP contribution is 2.30. The molecule has 1 amide bonds. The third-order valence-electron chi connectivity index (χ3n) is 4.62. The SMILES string of the molecule is COc1cccc(OC)c1C(=O)N1CCN(S(=O)(=O)c2ccc(Cl)cc2)CC1. The van der Waals surface area contributed by atoms with Gasteiger partial charge >= 0.3 is 0 Å². The number of carbonyl (C=O) groups is 1. The number of nitrogens with zero attached hydrogens (tertiary/aromatic N) is 2. The molecule has 2 aromatic rings. The first kappa shape index (κ1) is 20.4. The summed E-state index contributed by atoms with van der Waals surface area (Å²) in [6, 6.07) is 11.2. The molecule has 0 unspecified atom stereocenters. The molecule has 1 aliphatic rings. The smallest absolute Gasteiger partial charge is 0.261 e. The largest absolute Gasteiger partial charge is 0.496 e. The first-order chi connectivity index (χ1) is 13.4. The molecule has 0 spiro atoms. The summed E-state index contributed by atoms with van der Waals surface area (Å²) in [6.45, 7) is 0.946. The van der Waals surface area contributed by atoms with Crippen LogP contribution in [0.3, 0.4) is 0 Å². The van der Waals surface area contributed by atoms with Gasteiger partial charge in [0.1, 0.15) is 17.1 Å². The van der Waals surface area contributed by atoms with Gasteiger partial charge in [-0.25, -0.2) is 8.42 Å². The Bertz CT molecular complexity index is 933. The van der Waals surface area contributed by atoms with Gasteiger partial charge in [-0.1, -0.05) is 17.7 Å². The number of halogens is 1. The van der Waals surface area contributed by atoms with Gasteiger partial charge in [-0.2, -0.15) is 4.31 Å². The summed E-state index contributed by atoms with van der Waals surface area (Å²) in [5.41, 5.74) is 0.335. The molecule has 0 saturated carbocycles. The van der Waals surface area contributed by atoms with Crippen LogP contribution >= 0.6 is 11.6 Å². The van der Waals surface area contributed by atoms with E-state index >= 15 is 0 Å². The zero-order valence-electron chi connectivity index (χ0n) is 15.6. The Hall–Kier alpha value is -2.29. The van der Waals surface area contributed by atoms with Crippen molar-refractivity contribution in [2.75, 3.05) is 40.4 Å². The fourth-order valence-electron chi connectivity index (χ4n) is 3.11. The van der Waals surface area contributed by atoms with E-state index in [9.17, 15) is 13.2 Å². The maximum Gasteiger partial charge on any atom is 0.261 e. The minimum atomic E-state index is -3.63. The van der Waals surface area contributed by atoms with Crippen molar-refractivity contribution in [3.05, 3.63) is 53.1 Å². The molecule has 0 atom stereocenters. The minimum absolute atomic E-state index is 0.183. The Morgan fingerprint density at radius 3 is 1.96 bits per heavy atom. The van der Waals surface area contributed by atoms with E-state index in [2.05, 4.69) is 0 Å². The van der Waals surface area contributed by atoms with Crippen molar-refractivity contribution in [3.8, 4) is 11.5 Å². The van der Waals surface area contributed by atoms with Crippen molar-refractivity contribution >= 4 is 27.5 Å². The lowest BCUT2D eigenvalue weighted by Gasteiger charge is -2.34. The fourth-order valence-corrected chi connectivity index (χ4v) is 4.66. The Kier molecular flexibility index (Phi) is 6.12. The van der Waals surface area contributed by atoms with Gasteiger partial charge in [0.15, 0.2) is 0 Å². The zero-order chi connectivity index (χ0) is 20.3. The van der Waals surface area contributed by atoms with E-state index in [4.69, 9.17) is 21.1 Å². The molecule has 0 aliphatic carbocycles. The van der Waals surface area contributed by atoms with E-state index in [-0.39, 0.29) is 37.0 Å². The molecule has 2 aromatic carbocycles. The van der Waals surface area contributed by atoms with Crippen LogP contribution in [0.15, 0.2) is 47.4 Å². The first-order valence-corrected chi connectivity index (χ1v) is 10.5. The normalized spacial score (nSPS) is 15.3. The van der Waals surface area contributed by atoms with Crippen molar-refractivity contribution < 1.29 is 22.7 Å². The van der Waals surface area contributed by atoms with Crippen LogP contribution in [0.5, 0.6) is 11.5 Å². The summed E-state index contributed by atoms with van der Waals surface area (Å²) in [6.07, 6.45) is 0. The molecule has 1 saturated heterocycles. The van der Waals surface area contributed by atoms with Gasteiger partial charge in [0, 0.05) is 31.2 Å². The molecule has 9 heteroatoms. The molecule has 7 nitrogen and oxygen atoms in total. The number of rotatable bonds is 5. The maximum absolute atomic E-state index is 13.0. The summed E-state index contributed by atoms with van der Waals surface area (Å²) < 4.78 is 37.5. The summed E-state index contributed by atoms with van der Waals surface area (Å²) >= 11 is 5.84. The van der Waals surface area contributed by atoms with Crippen LogP contribution in [-0.2, 0) is 10.0 Å². The van der Waals surface area contributed by atoms with E-state index in [0.29, 0.717) is 22.1 Å². The number of methoxy groups -OCH3 is 2. The number of piperazine rings is 1. The Morgan fingerprint density at radius 1 is 0.929 bits per heavy atom. The molecule has 3 rings (SSSR count). The number of amides is 1. The van der Waals surface area contributed by atoms with Crippen LogP contribution in [0.1, 0.15) is 10.4 Å². The van der Waals surface area contributed by atoms with Crippen LogP contribution in [0.4, 0.5) is 0 Å². The predicted octanol–water partition coefficient (Wildman–Crippen LogP) is 2.50. The van der Waals surface area contributed by atoms with E-state index in [1.807, 2.05) is 0 Å². The number of ether oxygens (including phenoxy) is 2. The predicted molar refractivity (Wildman–Crippen MR) is 106 cm³/mol. The summed E-state index contributed by atoms with van der Waals surface area (Å²) in [5, 5.41) is 0.472. The second-order valence-corrected chi connectivity index (χ2v) is 8.56. The van der Waals surface area contributed by atoms with Crippen LogP contribution in [0.25, 0.3) is 0 Å². The lowest BCUT2D eigenvalue weighted by atomic mass is 10.1. The number of benzene rings is 2. The fraction of sp³-hybridized carbons (Fsp3) is 0.316. The average molecular weight is 425 g/mol. The second-order valence-electron chi connectivity index (χ2n) is 6.19. The van der Waals surface area contributed by atoms with Crippen molar-refractivity contribution in [3.63, 3.8) is 0 Å². The standard InChI is InChI=1S/C19H21ClN2O5S/c1-26-16-4-3-5-17(27-2)18(16)19(23)21-10-12-22(13-11-21)28(24,25)15-8-6-14(20)7-9-15/h3-9H,10-13H2,1-2H3. The van der Waals surface area contributed by atoms with E-state index in [0.717, 1.165) is 0 Å². The first-order valence-electron chi connectivity index (χ1n) is 8.64. The Balaban J connectivity index is 1.75. The van der Waals surface area contributed by atoms with Crippen molar-refractivity contribution in [1.29, 1.82) is 0 Å². The monoisotopic (exact) mass is 424 g/mol. The van der Waals surface area contributed by atoms with Crippen LogP contribution in [0.2, 0.25) is 5.02 Å². The van der Waals surface area contributed by atoms with Crippen LogP contribution in [0, 0.1) is 0 Å². The molecular formula is C19H21ClN2O5S. The van der Waals surface area contributed by atoms with Gasteiger partial charge < -0.3 is 14.4 Å². The molecule has 0 N–H and O–H groups in total. The molecule has 0 bridgehead atoms. The van der Waals surface area contributed by atoms with Crippen LogP contribution in [-0.4, -0.2) is 63.9 Å². The lowest BCUT2D eigenvalue weighted by Crippen LogP contribution is -2.50. The van der Waals surface area contributed by atoms with Crippen molar-refractivity contribution in [2.45, 2.75) is 4.90 Å². The highest BCUT2D eigenvalue weighted by atomic mass is 35.5. The molecular weight excluding hydrogens is 404 g/mol. The molecule has 28 heavy (non-hydrogen) atoms.